The molecule has 4 aromatic rings. The standard InChI is InChI=1S/C23H16Cl3N3O/c24-19-11-10-18(20(25)12-19)13-29-14-21(26)22(28-29)27-23(30)17-8-6-16(7-9-17)15-4-2-1-3-5-15/h1-12,14H,13H2,(H,27,28,30). The lowest BCUT2D eigenvalue weighted by atomic mass is 10.0. The van der Waals surface area contributed by atoms with Crippen LogP contribution in [0.25, 0.3) is 11.1 Å². The van der Waals surface area contributed by atoms with Crippen LogP contribution in [-0.2, 0) is 6.54 Å². The van der Waals surface area contributed by atoms with Crippen molar-refractivity contribution < 1.29 is 4.79 Å². The Bertz CT molecular complexity index is 1190. The number of carbonyl (C=O) groups is 1. The number of hydrogen-bond donors (Lipinski definition) is 1. The second kappa shape index (κ2) is 8.92. The highest BCUT2D eigenvalue weighted by molar-refractivity contribution is 6.35. The van der Waals surface area contributed by atoms with Crippen molar-refractivity contribution in [3.05, 3.63) is 105 Å². The molecule has 0 aliphatic heterocycles. The van der Waals surface area contributed by atoms with Crippen LogP contribution in [0, 0.1) is 0 Å². The normalized spacial score (nSPS) is 10.8. The molecule has 0 saturated heterocycles. The number of carbonyl (C=O) groups excluding carboxylic acids is 1. The molecule has 0 aliphatic rings. The summed E-state index contributed by atoms with van der Waals surface area (Å²) in [5, 5.41) is 8.56. The number of anilines is 1. The van der Waals surface area contributed by atoms with Crippen LogP contribution in [-0.4, -0.2) is 15.7 Å². The van der Waals surface area contributed by atoms with Gasteiger partial charge in [-0.25, -0.2) is 0 Å². The Labute approximate surface area is 189 Å². The summed E-state index contributed by atoms with van der Waals surface area (Å²) in [6.45, 7) is 0.400. The summed E-state index contributed by atoms with van der Waals surface area (Å²) in [5.41, 5.74) is 3.48. The number of benzene rings is 3. The molecule has 0 saturated carbocycles. The fourth-order valence-corrected chi connectivity index (χ4v) is 3.68. The molecule has 1 N–H and O–H groups in total. The number of amides is 1. The lowest BCUT2D eigenvalue weighted by Crippen LogP contribution is -2.13. The minimum atomic E-state index is -0.286. The second-order valence-corrected chi connectivity index (χ2v) is 7.91. The zero-order valence-electron chi connectivity index (χ0n) is 15.6. The number of halogens is 3. The summed E-state index contributed by atoms with van der Waals surface area (Å²) in [5.74, 6) is 0.00479. The minimum Gasteiger partial charge on any atom is -0.304 e. The van der Waals surface area contributed by atoms with E-state index in [1.54, 1.807) is 35.1 Å². The first-order valence-electron chi connectivity index (χ1n) is 9.13. The van der Waals surface area contributed by atoms with Gasteiger partial charge in [-0.15, -0.1) is 0 Å². The fourth-order valence-electron chi connectivity index (χ4n) is 3.01. The third-order valence-electron chi connectivity index (χ3n) is 4.55. The Balaban J connectivity index is 1.47. The molecule has 0 aliphatic carbocycles. The molecular formula is C23H16Cl3N3O. The number of rotatable bonds is 5. The van der Waals surface area contributed by atoms with Crippen LogP contribution in [0.5, 0.6) is 0 Å². The molecule has 0 fully saturated rings. The van der Waals surface area contributed by atoms with E-state index in [1.165, 1.54) is 0 Å². The molecule has 7 heteroatoms. The Morgan fingerprint density at radius 2 is 1.57 bits per heavy atom. The molecule has 1 amide bonds. The molecule has 0 radical (unpaired) electrons. The average molecular weight is 457 g/mol. The van der Waals surface area contributed by atoms with Gasteiger partial charge in [0, 0.05) is 21.8 Å². The first-order chi connectivity index (χ1) is 14.5. The van der Waals surface area contributed by atoms with Gasteiger partial charge in [0.15, 0.2) is 5.82 Å². The van der Waals surface area contributed by atoms with Crippen LogP contribution in [0.2, 0.25) is 15.1 Å². The van der Waals surface area contributed by atoms with Crippen LogP contribution in [0.1, 0.15) is 15.9 Å². The van der Waals surface area contributed by atoms with Crippen molar-refractivity contribution in [2.24, 2.45) is 0 Å². The highest BCUT2D eigenvalue weighted by Gasteiger charge is 2.13. The van der Waals surface area contributed by atoms with Gasteiger partial charge in [-0.1, -0.05) is 83.3 Å². The monoisotopic (exact) mass is 455 g/mol. The average Bonchev–Trinajstić information content (AvgIpc) is 3.09. The SMILES string of the molecule is O=C(Nc1nn(Cc2ccc(Cl)cc2Cl)cc1Cl)c1ccc(-c2ccccc2)cc1. The van der Waals surface area contributed by atoms with Crippen LogP contribution in [0.4, 0.5) is 5.82 Å². The van der Waals surface area contributed by atoms with Crippen molar-refractivity contribution in [1.29, 1.82) is 0 Å². The van der Waals surface area contributed by atoms with Crippen LogP contribution in [0.3, 0.4) is 0 Å². The van der Waals surface area contributed by atoms with Crippen LogP contribution in [0.15, 0.2) is 79.0 Å². The summed E-state index contributed by atoms with van der Waals surface area (Å²) in [6.07, 6.45) is 1.64. The van der Waals surface area contributed by atoms with Gasteiger partial charge in [0.2, 0.25) is 0 Å². The number of hydrogen-bond acceptors (Lipinski definition) is 2. The molecule has 4 nitrogen and oxygen atoms in total. The maximum atomic E-state index is 12.6. The Morgan fingerprint density at radius 3 is 2.27 bits per heavy atom. The van der Waals surface area contributed by atoms with Gasteiger partial charge in [0.1, 0.15) is 5.02 Å². The third-order valence-corrected chi connectivity index (χ3v) is 5.41. The molecule has 150 valence electrons. The van der Waals surface area contributed by atoms with Crippen molar-refractivity contribution in [1.82, 2.24) is 9.78 Å². The minimum absolute atomic E-state index is 0.286. The lowest BCUT2D eigenvalue weighted by molar-refractivity contribution is 0.102. The zero-order chi connectivity index (χ0) is 21.1. The van der Waals surface area contributed by atoms with Gasteiger partial charge in [0.25, 0.3) is 5.91 Å². The number of nitrogens with one attached hydrogen (secondary N) is 1. The second-order valence-electron chi connectivity index (χ2n) is 6.66. The largest absolute Gasteiger partial charge is 0.304 e. The number of nitrogens with zero attached hydrogens (tertiary/aromatic N) is 2. The first kappa shape index (κ1) is 20.5. The van der Waals surface area contributed by atoms with Crippen molar-refractivity contribution in [3.8, 4) is 11.1 Å². The van der Waals surface area contributed by atoms with Gasteiger partial charge in [0.05, 0.1) is 6.54 Å². The van der Waals surface area contributed by atoms with Crippen molar-refractivity contribution in [3.63, 3.8) is 0 Å². The Hall–Kier alpha value is -2.79. The zero-order valence-corrected chi connectivity index (χ0v) is 17.9. The van der Waals surface area contributed by atoms with Gasteiger partial charge in [-0.05, 0) is 41.0 Å². The van der Waals surface area contributed by atoms with E-state index in [2.05, 4.69) is 10.4 Å². The van der Waals surface area contributed by atoms with E-state index < -0.39 is 0 Å². The number of aromatic nitrogens is 2. The van der Waals surface area contributed by atoms with Gasteiger partial charge in [-0.2, -0.15) is 5.10 Å². The highest BCUT2D eigenvalue weighted by atomic mass is 35.5. The predicted octanol–water partition coefficient (Wildman–Crippen LogP) is 6.81. The fraction of sp³-hybridized carbons (Fsp3) is 0.0435. The summed E-state index contributed by atoms with van der Waals surface area (Å²) in [4.78, 5) is 12.6. The van der Waals surface area contributed by atoms with E-state index >= 15 is 0 Å². The first-order valence-corrected chi connectivity index (χ1v) is 10.3. The van der Waals surface area contributed by atoms with Crippen molar-refractivity contribution >= 4 is 46.5 Å². The van der Waals surface area contributed by atoms with Crippen molar-refractivity contribution in [2.45, 2.75) is 6.54 Å². The van der Waals surface area contributed by atoms with Gasteiger partial charge >= 0.3 is 0 Å². The van der Waals surface area contributed by atoms with E-state index in [4.69, 9.17) is 34.8 Å². The third kappa shape index (κ3) is 4.68. The van der Waals surface area contributed by atoms with Crippen LogP contribution >= 0.6 is 34.8 Å². The molecule has 30 heavy (non-hydrogen) atoms. The summed E-state index contributed by atoms with van der Waals surface area (Å²) in [7, 11) is 0. The quantitative estimate of drug-likeness (QED) is 0.358. The van der Waals surface area contributed by atoms with Gasteiger partial charge in [-0.3, -0.25) is 9.48 Å². The van der Waals surface area contributed by atoms with E-state index in [9.17, 15) is 4.79 Å². The molecule has 0 atom stereocenters. The molecular weight excluding hydrogens is 441 g/mol. The van der Waals surface area contributed by atoms with E-state index in [1.807, 2.05) is 48.5 Å². The molecule has 3 aromatic carbocycles. The summed E-state index contributed by atoms with van der Waals surface area (Å²) >= 11 is 18.4. The summed E-state index contributed by atoms with van der Waals surface area (Å²) in [6, 6.07) is 22.6. The molecule has 0 unspecified atom stereocenters. The highest BCUT2D eigenvalue weighted by Crippen LogP contribution is 2.25. The van der Waals surface area contributed by atoms with E-state index in [0.29, 0.717) is 33.0 Å². The van der Waals surface area contributed by atoms with Gasteiger partial charge < -0.3 is 5.32 Å². The molecule has 0 spiro atoms. The Kier molecular flexibility index (Phi) is 6.09. The summed E-state index contributed by atoms with van der Waals surface area (Å²) < 4.78 is 1.62. The predicted molar refractivity (Wildman–Crippen MR) is 123 cm³/mol. The molecule has 1 aromatic heterocycles. The smallest absolute Gasteiger partial charge is 0.256 e. The van der Waals surface area contributed by atoms with Crippen LogP contribution < -0.4 is 5.32 Å². The van der Waals surface area contributed by atoms with Crippen molar-refractivity contribution in [2.75, 3.05) is 5.32 Å². The lowest BCUT2D eigenvalue weighted by Gasteiger charge is -2.06. The molecule has 1 heterocycles. The molecule has 4 rings (SSSR count). The van der Waals surface area contributed by atoms with E-state index in [-0.39, 0.29) is 5.91 Å². The van der Waals surface area contributed by atoms with E-state index in [0.717, 1.165) is 16.7 Å². The topological polar surface area (TPSA) is 46.9 Å². The maximum Gasteiger partial charge on any atom is 0.256 e. The maximum absolute atomic E-state index is 12.6. The Morgan fingerprint density at radius 1 is 0.867 bits per heavy atom. The molecule has 0 bridgehead atoms.